The number of likely N-dealkylation sites (tertiary alicyclic amines) is 1. The highest BCUT2D eigenvalue weighted by Crippen LogP contribution is 2.26. The number of rotatable bonds is 17. The van der Waals surface area contributed by atoms with Crippen molar-refractivity contribution in [1.82, 2.24) is 39.1 Å². The average Bonchev–Trinajstić information content (AvgIpc) is 3.86. The van der Waals surface area contributed by atoms with Gasteiger partial charge in [0.15, 0.2) is 0 Å². The van der Waals surface area contributed by atoms with Crippen molar-refractivity contribution in [1.29, 1.82) is 0 Å². The van der Waals surface area contributed by atoms with Crippen molar-refractivity contribution < 1.29 is 24.3 Å². The van der Waals surface area contributed by atoms with E-state index in [0.717, 1.165) is 87.3 Å². The standard InChI is InChI=1S/C55H64N10O5/c1-37(41-20-24-56-25-21-41)59-50-16-11-38(33-57-50)13-18-53(68)62(3)36-46-31-44-28-40(10-15-49(44)64(46)5)29-47(66)32-54(69)65-26-22-42(23-27-65)55(70)60-51-17-12-39(34-58-51)14-19-52(67)61(2)35-45-30-43-8-6-7-9-48(43)63(45)4/h6-19,28,30-31,33-34,41-42,47,56,66H,1,20-27,29,32,35-36H2,2-5H3,(H,57,59)(H,58,60,70)/b18-13+,19-14+/t47-/m0/s1. The van der Waals surface area contributed by atoms with Crippen molar-refractivity contribution in [3.63, 3.8) is 0 Å². The first-order valence-corrected chi connectivity index (χ1v) is 24.1. The average molecular weight is 945 g/mol. The Morgan fingerprint density at radius 3 is 1.90 bits per heavy atom. The fourth-order valence-corrected chi connectivity index (χ4v) is 9.35. The second kappa shape index (κ2) is 22.4. The number of hydrogen-bond acceptors (Lipinski definition) is 9. The van der Waals surface area contributed by atoms with Crippen LogP contribution in [0.4, 0.5) is 11.6 Å². The number of carbonyl (C=O) groups is 4. The zero-order chi connectivity index (χ0) is 49.3. The molecular weight excluding hydrogens is 881 g/mol. The highest BCUT2D eigenvalue weighted by Gasteiger charge is 2.29. The fourth-order valence-electron chi connectivity index (χ4n) is 9.35. The summed E-state index contributed by atoms with van der Waals surface area (Å²) in [7, 11) is 7.52. The maximum absolute atomic E-state index is 13.3. The van der Waals surface area contributed by atoms with Gasteiger partial charge in [0.2, 0.25) is 23.6 Å². The van der Waals surface area contributed by atoms with Crippen molar-refractivity contribution in [2.24, 2.45) is 25.9 Å². The number of likely N-dealkylation sites (N-methyl/N-ethyl adjacent to an activating group) is 2. The van der Waals surface area contributed by atoms with E-state index in [-0.39, 0.29) is 36.0 Å². The van der Waals surface area contributed by atoms with Gasteiger partial charge in [-0.3, -0.25) is 19.2 Å². The molecule has 0 aliphatic carbocycles. The number of nitrogens with zero attached hydrogens (tertiary/aromatic N) is 7. The largest absolute Gasteiger partial charge is 0.392 e. The highest BCUT2D eigenvalue weighted by atomic mass is 16.3. The number of carbonyl (C=O) groups excluding carboxylic acids is 4. The number of benzene rings is 2. The Morgan fingerprint density at radius 2 is 1.31 bits per heavy atom. The number of amides is 4. The minimum Gasteiger partial charge on any atom is -0.392 e. The summed E-state index contributed by atoms with van der Waals surface area (Å²) in [6.45, 7) is 7.92. The molecule has 4 amide bonds. The number of fused-ring (bicyclic) bond motifs is 2. The first kappa shape index (κ1) is 49.1. The Hall–Kier alpha value is -7.36. The van der Waals surface area contributed by atoms with Crippen molar-refractivity contribution in [3.8, 4) is 0 Å². The smallest absolute Gasteiger partial charge is 0.246 e. The topological polar surface area (TPSA) is 170 Å². The molecule has 0 spiro atoms. The van der Waals surface area contributed by atoms with Crippen LogP contribution in [0.25, 0.3) is 34.0 Å². The summed E-state index contributed by atoms with van der Waals surface area (Å²) in [6, 6.07) is 25.6. The number of piperidine rings is 2. The van der Waals surface area contributed by atoms with Gasteiger partial charge in [0, 0.05) is 111 Å². The summed E-state index contributed by atoms with van der Waals surface area (Å²) in [5.74, 6) is 0.738. The molecule has 70 heavy (non-hydrogen) atoms. The quantitative estimate of drug-likeness (QED) is 0.0711. The van der Waals surface area contributed by atoms with Gasteiger partial charge in [-0.1, -0.05) is 30.8 Å². The van der Waals surface area contributed by atoms with E-state index in [1.54, 1.807) is 71.5 Å². The molecule has 0 bridgehead atoms. The van der Waals surface area contributed by atoms with E-state index >= 15 is 0 Å². The summed E-state index contributed by atoms with van der Waals surface area (Å²) in [5, 5.41) is 22.8. The molecule has 15 nitrogen and oxygen atoms in total. The SMILES string of the molecule is C=C(Nc1ccc(/C=C/C(=O)N(C)Cc2cc3cc(C[C@H](O)CC(=O)N4CCC(C(=O)Nc5ccc(/C=C/C(=O)N(C)Cc6cc7ccccc7n6C)cn5)CC4)ccc3n2C)cn1)C1CCNCC1. The lowest BCUT2D eigenvalue weighted by atomic mass is 9.95. The molecule has 15 heteroatoms. The van der Waals surface area contributed by atoms with Crippen molar-refractivity contribution in [2.75, 3.05) is 50.9 Å². The molecule has 4 N–H and O–H groups in total. The summed E-state index contributed by atoms with van der Waals surface area (Å²) in [5.41, 5.74) is 7.55. The van der Waals surface area contributed by atoms with Gasteiger partial charge < -0.3 is 44.9 Å². The van der Waals surface area contributed by atoms with Crippen LogP contribution in [0.2, 0.25) is 0 Å². The Labute approximate surface area is 409 Å². The summed E-state index contributed by atoms with van der Waals surface area (Å²) in [6.07, 6.45) is 12.5. The van der Waals surface area contributed by atoms with Gasteiger partial charge in [-0.05, 0) is 134 Å². The molecule has 364 valence electrons. The third-order valence-electron chi connectivity index (χ3n) is 13.7. The highest BCUT2D eigenvalue weighted by molar-refractivity contribution is 5.93. The van der Waals surface area contributed by atoms with Gasteiger partial charge in [0.1, 0.15) is 11.6 Å². The van der Waals surface area contributed by atoms with Crippen LogP contribution < -0.4 is 16.0 Å². The monoisotopic (exact) mass is 945 g/mol. The molecule has 0 radical (unpaired) electrons. The number of aliphatic hydroxyl groups is 1. The molecular formula is C55H64N10O5. The molecule has 2 aliphatic rings. The van der Waals surface area contributed by atoms with E-state index in [2.05, 4.69) is 65.9 Å². The molecule has 2 aromatic carbocycles. The molecule has 1 atom stereocenters. The lowest BCUT2D eigenvalue weighted by Gasteiger charge is -2.32. The van der Waals surface area contributed by atoms with E-state index in [1.807, 2.05) is 56.6 Å². The van der Waals surface area contributed by atoms with Crippen LogP contribution in [0, 0.1) is 11.8 Å². The zero-order valence-electron chi connectivity index (χ0n) is 40.6. The van der Waals surface area contributed by atoms with Crippen LogP contribution >= 0.6 is 0 Å². The Kier molecular flexibility index (Phi) is 15.7. The Balaban J connectivity index is 0.747. The van der Waals surface area contributed by atoms with Gasteiger partial charge in [-0.2, -0.15) is 0 Å². The summed E-state index contributed by atoms with van der Waals surface area (Å²) >= 11 is 0. The zero-order valence-corrected chi connectivity index (χ0v) is 40.6. The minimum atomic E-state index is -0.871. The van der Waals surface area contributed by atoms with Gasteiger partial charge in [0.05, 0.1) is 25.6 Å². The molecule has 2 saturated heterocycles. The number of aliphatic hydroxyl groups excluding tert-OH is 1. The van der Waals surface area contributed by atoms with Gasteiger partial charge in [-0.25, -0.2) is 9.97 Å². The molecule has 0 saturated carbocycles. The summed E-state index contributed by atoms with van der Waals surface area (Å²) in [4.78, 5) is 66.4. The van der Waals surface area contributed by atoms with E-state index in [9.17, 15) is 24.3 Å². The number of aryl methyl sites for hydroxylation is 2. The first-order valence-electron chi connectivity index (χ1n) is 24.1. The molecule has 6 heterocycles. The van der Waals surface area contributed by atoms with Crippen LogP contribution in [-0.4, -0.2) is 109 Å². The minimum absolute atomic E-state index is 0.0163. The third kappa shape index (κ3) is 12.3. The van der Waals surface area contributed by atoms with Crippen molar-refractivity contribution in [3.05, 3.63) is 144 Å². The van der Waals surface area contributed by atoms with Crippen molar-refractivity contribution in [2.45, 2.75) is 57.7 Å². The number of nitrogens with one attached hydrogen (secondary N) is 3. The second-order valence-electron chi connectivity index (χ2n) is 18.7. The first-order chi connectivity index (χ1) is 33.8. The number of aromatic nitrogens is 4. The fraction of sp³-hybridized carbons (Fsp3) is 0.345. The van der Waals surface area contributed by atoms with Gasteiger partial charge in [-0.15, -0.1) is 0 Å². The predicted octanol–water partition coefficient (Wildman–Crippen LogP) is 6.90. The molecule has 8 rings (SSSR count). The van der Waals surface area contributed by atoms with Crippen LogP contribution in [-0.2, 0) is 52.8 Å². The molecule has 2 fully saturated rings. The van der Waals surface area contributed by atoms with E-state index < -0.39 is 6.10 Å². The lowest BCUT2D eigenvalue weighted by molar-refractivity contribution is -0.136. The second-order valence-corrected chi connectivity index (χ2v) is 18.7. The lowest BCUT2D eigenvalue weighted by Crippen LogP contribution is -2.42. The molecule has 6 aromatic rings. The van der Waals surface area contributed by atoms with Crippen molar-refractivity contribution >= 4 is 69.2 Å². The van der Waals surface area contributed by atoms with Gasteiger partial charge in [0.25, 0.3) is 0 Å². The number of pyridine rings is 2. The maximum atomic E-state index is 13.3. The van der Waals surface area contributed by atoms with Crippen LogP contribution in [0.3, 0.4) is 0 Å². The molecule has 0 unspecified atom stereocenters. The number of hydrogen-bond donors (Lipinski definition) is 4. The van der Waals surface area contributed by atoms with Crippen LogP contribution in [0.15, 0.2) is 116 Å². The number of anilines is 2. The van der Waals surface area contributed by atoms with E-state index in [0.29, 0.717) is 57.2 Å². The maximum Gasteiger partial charge on any atom is 0.246 e. The molecule has 4 aromatic heterocycles. The Morgan fingerprint density at radius 1 is 0.743 bits per heavy atom. The van der Waals surface area contributed by atoms with Crippen LogP contribution in [0.5, 0.6) is 0 Å². The van der Waals surface area contributed by atoms with Gasteiger partial charge >= 0.3 is 0 Å². The Bertz CT molecular complexity index is 2900. The summed E-state index contributed by atoms with van der Waals surface area (Å²) < 4.78 is 4.16. The predicted molar refractivity (Wildman–Crippen MR) is 276 cm³/mol. The number of para-hydroxylation sites is 1. The number of allylic oxidation sites excluding steroid dienone is 1. The van der Waals surface area contributed by atoms with E-state index in [4.69, 9.17) is 0 Å². The third-order valence-corrected chi connectivity index (χ3v) is 13.7. The van der Waals surface area contributed by atoms with Crippen LogP contribution in [0.1, 0.15) is 60.2 Å². The van der Waals surface area contributed by atoms with E-state index in [1.165, 1.54) is 6.08 Å². The molecule has 2 aliphatic heterocycles. The normalized spacial score (nSPS) is 15.2.